The fraction of sp³-hybridized carbons (Fsp3) is 0.300. The maximum Gasteiger partial charge on any atom is 0.310 e. The van der Waals surface area contributed by atoms with Crippen molar-refractivity contribution in [2.75, 3.05) is 0 Å². The number of aromatic nitrogens is 2. The molecule has 1 N–H and O–H groups in total. The predicted molar refractivity (Wildman–Crippen MR) is 58.1 cm³/mol. The van der Waals surface area contributed by atoms with Gasteiger partial charge in [0.25, 0.3) is 0 Å². The molecule has 15 heavy (non-hydrogen) atoms. The summed E-state index contributed by atoms with van der Waals surface area (Å²) in [7, 11) is 0. The molecule has 0 fully saturated rings. The fourth-order valence-electron chi connectivity index (χ4n) is 1.57. The maximum absolute atomic E-state index is 11.0. The van der Waals surface area contributed by atoms with Crippen LogP contribution in [0.25, 0.3) is 11.0 Å². The number of hydrogen-bond donors (Lipinski definition) is 1. The molecule has 2 aromatic rings. The Balaban J connectivity index is 2.46. The summed E-state index contributed by atoms with van der Waals surface area (Å²) >= 11 is 1.14. The quantitative estimate of drug-likeness (QED) is 0.865. The van der Waals surface area contributed by atoms with E-state index in [9.17, 15) is 4.79 Å². The van der Waals surface area contributed by atoms with Gasteiger partial charge in [-0.1, -0.05) is 13.0 Å². The van der Waals surface area contributed by atoms with Crippen molar-refractivity contribution in [3.8, 4) is 0 Å². The number of fused-ring (bicyclic) bond motifs is 1. The van der Waals surface area contributed by atoms with E-state index in [1.807, 2.05) is 19.1 Å². The van der Waals surface area contributed by atoms with E-state index < -0.39 is 11.9 Å². The number of rotatable bonds is 3. The molecule has 0 spiro atoms. The van der Waals surface area contributed by atoms with E-state index >= 15 is 0 Å². The number of hydrogen-bond acceptors (Lipinski definition) is 4. The summed E-state index contributed by atoms with van der Waals surface area (Å²) in [4.78, 5) is 11.0. The van der Waals surface area contributed by atoms with Crippen LogP contribution < -0.4 is 0 Å². The lowest BCUT2D eigenvalue weighted by atomic mass is 9.96. The summed E-state index contributed by atoms with van der Waals surface area (Å²) in [6.07, 6.45) is 0.582. The summed E-state index contributed by atoms with van der Waals surface area (Å²) in [5.74, 6) is -1.24. The van der Waals surface area contributed by atoms with Gasteiger partial charge in [0.15, 0.2) is 0 Å². The number of nitrogens with zero attached hydrogens (tertiary/aromatic N) is 2. The number of carbonyl (C=O) groups is 1. The molecule has 1 atom stereocenters. The first-order valence-corrected chi connectivity index (χ1v) is 5.40. The Bertz CT molecular complexity index is 495. The van der Waals surface area contributed by atoms with Crippen molar-refractivity contribution in [3.05, 3.63) is 23.8 Å². The molecule has 0 amide bonds. The second-order valence-corrected chi connectivity index (χ2v) is 3.84. The average molecular weight is 222 g/mol. The van der Waals surface area contributed by atoms with Crippen molar-refractivity contribution in [2.24, 2.45) is 0 Å². The van der Waals surface area contributed by atoms with E-state index in [1.165, 1.54) is 0 Å². The standard InChI is InChI=1S/C10H10N2O2S/c1-2-7(10(13)14)6-3-4-8-9(5-6)12-15-11-8/h3-5,7H,2H2,1H3,(H,13,14). The van der Waals surface area contributed by atoms with E-state index in [1.54, 1.807) is 6.07 Å². The smallest absolute Gasteiger partial charge is 0.310 e. The highest BCUT2D eigenvalue weighted by Gasteiger charge is 2.17. The maximum atomic E-state index is 11.0. The minimum Gasteiger partial charge on any atom is -0.481 e. The molecule has 0 aliphatic heterocycles. The van der Waals surface area contributed by atoms with Crippen LogP contribution in [0.5, 0.6) is 0 Å². The van der Waals surface area contributed by atoms with Gasteiger partial charge in [0.1, 0.15) is 11.0 Å². The molecule has 0 radical (unpaired) electrons. The van der Waals surface area contributed by atoms with Crippen LogP contribution in [0.2, 0.25) is 0 Å². The van der Waals surface area contributed by atoms with Crippen LogP contribution in [0, 0.1) is 0 Å². The van der Waals surface area contributed by atoms with Gasteiger partial charge in [0.05, 0.1) is 17.6 Å². The highest BCUT2D eigenvalue weighted by Crippen LogP contribution is 2.23. The molecule has 1 unspecified atom stereocenters. The van der Waals surface area contributed by atoms with E-state index in [0.717, 1.165) is 28.3 Å². The Labute approximate surface area is 90.9 Å². The van der Waals surface area contributed by atoms with Crippen LogP contribution in [0.1, 0.15) is 24.8 Å². The van der Waals surface area contributed by atoms with Gasteiger partial charge in [0.2, 0.25) is 0 Å². The van der Waals surface area contributed by atoms with E-state index in [2.05, 4.69) is 8.75 Å². The lowest BCUT2D eigenvalue weighted by Gasteiger charge is -2.09. The van der Waals surface area contributed by atoms with Crippen LogP contribution in [0.3, 0.4) is 0 Å². The number of benzene rings is 1. The molecule has 1 aromatic carbocycles. The summed E-state index contributed by atoms with van der Waals surface area (Å²) in [6, 6.07) is 5.44. The second kappa shape index (κ2) is 3.94. The molecule has 1 heterocycles. The SMILES string of the molecule is CCC(C(=O)O)c1ccc2nsnc2c1. The Hall–Kier alpha value is -1.49. The zero-order valence-corrected chi connectivity index (χ0v) is 8.99. The third kappa shape index (κ3) is 1.83. The van der Waals surface area contributed by atoms with Crippen LogP contribution in [-0.2, 0) is 4.79 Å². The summed E-state index contributed by atoms with van der Waals surface area (Å²) in [6.45, 7) is 1.86. The average Bonchev–Trinajstić information content (AvgIpc) is 2.65. The summed E-state index contributed by atoms with van der Waals surface area (Å²) in [5.41, 5.74) is 2.39. The summed E-state index contributed by atoms with van der Waals surface area (Å²) in [5, 5.41) is 9.02. The Morgan fingerprint density at radius 3 is 2.87 bits per heavy atom. The summed E-state index contributed by atoms with van der Waals surface area (Å²) < 4.78 is 8.17. The normalized spacial score (nSPS) is 12.9. The number of carboxylic acids is 1. The van der Waals surface area contributed by atoms with Crippen LogP contribution in [0.4, 0.5) is 0 Å². The van der Waals surface area contributed by atoms with Gasteiger partial charge in [-0.15, -0.1) is 0 Å². The molecular weight excluding hydrogens is 212 g/mol. The van der Waals surface area contributed by atoms with Crippen molar-refractivity contribution in [3.63, 3.8) is 0 Å². The monoisotopic (exact) mass is 222 g/mol. The van der Waals surface area contributed by atoms with Gasteiger partial charge in [0, 0.05) is 0 Å². The first-order valence-electron chi connectivity index (χ1n) is 4.67. The lowest BCUT2D eigenvalue weighted by Crippen LogP contribution is -2.10. The Morgan fingerprint density at radius 2 is 2.20 bits per heavy atom. The minimum atomic E-state index is -0.792. The second-order valence-electron chi connectivity index (χ2n) is 3.31. The molecule has 1 aromatic heterocycles. The van der Waals surface area contributed by atoms with Gasteiger partial charge < -0.3 is 5.11 Å². The van der Waals surface area contributed by atoms with Gasteiger partial charge in [-0.05, 0) is 24.1 Å². The molecule has 78 valence electrons. The molecule has 0 aliphatic rings. The van der Waals surface area contributed by atoms with Gasteiger partial charge in [-0.25, -0.2) is 0 Å². The molecule has 0 saturated carbocycles. The third-order valence-corrected chi connectivity index (χ3v) is 2.94. The lowest BCUT2D eigenvalue weighted by molar-refractivity contribution is -0.138. The number of carboxylic acid groups (broad SMARTS) is 1. The van der Waals surface area contributed by atoms with Crippen LogP contribution in [0.15, 0.2) is 18.2 Å². The Morgan fingerprint density at radius 1 is 1.47 bits per heavy atom. The van der Waals surface area contributed by atoms with Gasteiger partial charge >= 0.3 is 5.97 Å². The van der Waals surface area contributed by atoms with E-state index in [-0.39, 0.29) is 0 Å². The van der Waals surface area contributed by atoms with Gasteiger partial charge in [-0.2, -0.15) is 8.75 Å². The molecule has 4 nitrogen and oxygen atoms in total. The predicted octanol–water partition coefficient (Wildman–Crippen LogP) is 2.27. The molecule has 5 heteroatoms. The molecule has 0 saturated heterocycles. The minimum absolute atomic E-state index is 0.448. The van der Waals surface area contributed by atoms with E-state index in [4.69, 9.17) is 5.11 Å². The number of aliphatic carboxylic acids is 1. The topological polar surface area (TPSA) is 63.1 Å². The zero-order chi connectivity index (χ0) is 10.8. The Kier molecular flexibility index (Phi) is 2.64. The van der Waals surface area contributed by atoms with Crippen molar-refractivity contribution in [2.45, 2.75) is 19.3 Å². The molecule has 0 aliphatic carbocycles. The molecule has 2 rings (SSSR count). The molecule has 0 bridgehead atoms. The van der Waals surface area contributed by atoms with Crippen molar-refractivity contribution in [1.29, 1.82) is 0 Å². The highest BCUT2D eigenvalue weighted by molar-refractivity contribution is 7.00. The van der Waals surface area contributed by atoms with Crippen molar-refractivity contribution in [1.82, 2.24) is 8.75 Å². The van der Waals surface area contributed by atoms with Crippen LogP contribution >= 0.6 is 11.7 Å². The first-order chi connectivity index (χ1) is 7.22. The first kappa shape index (κ1) is 10.0. The fourth-order valence-corrected chi connectivity index (χ4v) is 2.09. The van der Waals surface area contributed by atoms with Gasteiger partial charge in [-0.3, -0.25) is 4.79 Å². The zero-order valence-electron chi connectivity index (χ0n) is 8.17. The van der Waals surface area contributed by atoms with Crippen molar-refractivity contribution >= 4 is 28.7 Å². The van der Waals surface area contributed by atoms with E-state index in [0.29, 0.717) is 6.42 Å². The van der Waals surface area contributed by atoms with Crippen molar-refractivity contribution < 1.29 is 9.90 Å². The third-order valence-electron chi connectivity index (χ3n) is 2.39. The van der Waals surface area contributed by atoms with Crippen LogP contribution in [-0.4, -0.2) is 19.8 Å². The highest BCUT2D eigenvalue weighted by atomic mass is 32.1. The molecular formula is C10H10N2O2S. The largest absolute Gasteiger partial charge is 0.481 e.